The van der Waals surface area contributed by atoms with Crippen LogP contribution < -0.4 is 0 Å². The lowest BCUT2D eigenvalue weighted by Gasteiger charge is -2.23. The van der Waals surface area contributed by atoms with Gasteiger partial charge >= 0.3 is 0 Å². The summed E-state index contributed by atoms with van der Waals surface area (Å²) in [6.07, 6.45) is 46.3. The van der Waals surface area contributed by atoms with Crippen LogP contribution in [0.15, 0.2) is 0 Å². The summed E-state index contributed by atoms with van der Waals surface area (Å²) in [4.78, 5) is 0. The standard InChI is InChI=1S/C38H80OSi/c1-5-7-9-11-13-15-17-19-21-23-25-27-29-31-33-35-37-39-40(3,4)38-36-34-32-30-28-26-24-22-20-18-16-14-12-10-8-6-2/h5-38H2,1-4H3. The van der Waals surface area contributed by atoms with Crippen LogP contribution >= 0.6 is 0 Å². The average molecular weight is 581 g/mol. The van der Waals surface area contributed by atoms with Gasteiger partial charge in [-0.1, -0.05) is 213 Å². The van der Waals surface area contributed by atoms with E-state index in [0.717, 1.165) is 6.61 Å². The first-order chi connectivity index (χ1) is 19.6. The summed E-state index contributed by atoms with van der Waals surface area (Å²) in [5, 5.41) is 0. The fourth-order valence-corrected chi connectivity index (χ4v) is 8.11. The van der Waals surface area contributed by atoms with E-state index in [0.29, 0.717) is 0 Å². The Morgan fingerprint density at radius 2 is 0.525 bits per heavy atom. The van der Waals surface area contributed by atoms with Crippen molar-refractivity contribution < 1.29 is 4.43 Å². The summed E-state index contributed by atoms with van der Waals surface area (Å²) in [6, 6.07) is 1.37. The van der Waals surface area contributed by atoms with Gasteiger partial charge in [0.25, 0.3) is 0 Å². The maximum absolute atomic E-state index is 6.41. The van der Waals surface area contributed by atoms with Crippen LogP contribution in [0.25, 0.3) is 0 Å². The van der Waals surface area contributed by atoms with Crippen LogP contribution in [0.5, 0.6) is 0 Å². The zero-order valence-corrected chi connectivity index (χ0v) is 29.9. The molecule has 0 saturated heterocycles. The molecule has 1 nitrogen and oxygen atoms in total. The Bertz CT molecular complexity index is 449. The highest BCUT2D eigenvalue weighted by Crippen LogP contribution is 2.19. The molecule has 0 unspecified atom stereocenters. The van der Waals surface area contributed by atoms with Crippen LogP contribution in [0, 0.1) is 0 Å². The highest BCUT2D eigenvalue weighted by molar-refractivity contribution is 6.71. The summed E-state index contributed by atoms with van der Waals surface area (Å²) >= 11 is 0. The Morgan fingerprint density at radius 3 is 0.800 bits per heavy atom. The molecule has 40 heavy (non-hydrogen) atoms. The normalized spacial score (nSPS) is 12.0. The lowest BCUT2D eigenvalue weighted by atomic mass is 10.0. The largest absolute Gasteiger partial charge is 0.417 e. The Morgan fingerprint density at radius 1 is 0.300 bits per heavy atom. The van der Waals surface area contributed by atoms with Gasteiger partial charge in [0.05, 0.1) is 0 Å². The molecular weight excluding hydrogens is 501 g/mol. The average Bonchev–Trinajstić information content (AvgIpc) is 2.94. The van der Waals surface area contributed by atoms with Crippen molar-refractivity contribution in [3.05, 3.63) is 0 Å². The second-order valence-electron chi connectivity index (χ2n) is 14.0. The number of hydrogen-bond acceptors (Lipinski definition) is 1. The van der Waals surface area contributed by atoms with Crippen molar-refractivity contribution in [3.63, 3.8) is 0 Å². The van der Waals surface area contributed by atoms with Crippen LogP contribution in [0.1, 0.15) is 219 Å². The third-order valence-corrected chi connectivity index (χ3v) is 11.7. The molecule has 0 amide bonds. The minimum absolute atomic E-state index is 1.02. The maximum Gasteiger partial charge on any atom is 0.186 e. The Hall–Kier alpha value is 0.177. The molecule has 0 N–H and O–H groups in total. The molecule has 2 heteroatoms. The molecule has 0 spiro atoms. The molecule has 242 valence electrons. The van der Waals surface area contributed by atoms with Crippen LogP contribution in [0.3, 0.4) is 0 Å². The van der Waals surface area contributed by atoms with E-state index in [1.165, 1.54) is 212 Å². The minimum Gasteiger partial charge on any atom is -0.417 e. The smallest absolute Gasteiger partial charge is 0.186 e. The lowest BCUT2D eigenvalue weighted by molar-refractivity contribution is 0.292. The fourth-order valence-electron chi connectivity index (χ4n) is 6.17. The predicted molar refractivity (Wildman–Crippen MR) is 187 cm³/mol. The van der Waals surface area contributed by atoms with E-state index in [2.05, 4.69) is 26.9 Å². The molecule has 0 aliphatic rings. The molecule has 0 aromatic carbocycles. The van der Waals surface area contributed by atoms with Gasteiger partial charge in [0.2, 0.25) is 0 Å². The SMILES string of the molecule is CCCCCCCCCCCCCCCCCCO[Si](C)(C)CCCCCCCCCCCCCCCCCC. The molecule has 0 fully saturated rings. The van der Waals surface area contributed by atoms with Crippen LogP contribution in [0.4, 0.5) is 0 Å². The van der Waals surface area contributed by atoms with Crippen molar-refractivity contribution in [2.75, 3.05) is 6.61 Å². The minimum atomic E-state index is -1.42. The quantitative estimate of drug-likeness (QED) is 0.0535. The van der Waals surface area contributed by atoms with Crippen molar-refractivity contribution >= 4 is 8.32 Å². The van der Waals surface area contributed by atoms with Crippen molar-refractivity contribution in [2.45, 2.75) is 238 Å². The van der Waals surface area contributed by atoms with Crippen molar-refractivity contribution in [1.29, 1.82) is 0 Å². The van der Waals surface area contributed by atoms with E-state index in [-0.39, 0.29) is 0 Å². The van der Waals surface area contributed by atoms with E-state index in [4.69, 9.17) is 4.43 Å². The second-order valence-corrected chi connectivity index (χ2v) is 18.3. The van der Waals surface area contributed by atoms with Crippen molar-refractivity contribution in [2.24, 2.45) is 0 Å². The Labute approximate surface area is 257 Å². The first-order valence-corrected chi connectivity index (χ1v) is 22.4. The van der Waals surface area contributed by atoms with E-state index in [1.54, 1.807) is 0 Å². The molecule has 0 rings (SSSR count). The van der Waals surface area contributed by atoms with E-state index < -0.39 is 8.32 Å². The molecule has 0 aromatic heterocycles. The predicted octanol–water partition coefficient (Wildman–Crippen LogP) is 14.7. The summed E-state index contributed by atoms with van der Waals surface area (Å²) in [7, 11) is -1.42. The molecule has 0 aromatic rings. The molecule has 0 aliphatic carbocycles. The number of rotatable bonds is 35. The van der Waals surface area contributed by atoms with Gasteiger partial charge in [0.1, 0.15) is 0 Å². The summed E-state index contributed by atoms with van der Waals surface area (Å²) < 4.78 is 6.41. The lowest BCUT2D eigenvalue weighted by Crippen LogP contribution is -2.30. The summed E-state index contributed by atoms with van der Waals surface area (Å²) in [6.45, 7) is 10.5. The molecule has 0 heterocycles. The Kier molecular flexibility index (Phi) is 33.8. The molecule has 0 saturated carbocycles. The van der Waals surface area contributed by atoms with Crippen LogP contribution in [-0.2, 0) is 4.43 Å². The highest BCUT2D eigenvalue weighted by atomic mass is 28.4. The van der Waals surface area contributed by atoms with Crippen LogP contribution in [-0.4, -0.2) is 14.9 Å². The molecule has 0 bridgehead atoms. The third-order valence-electron chi connectivity index (χ3n) is 9.12. The molecule has 0 atom stereocenters. The monoisotopic (exact) mass is 581 g/mol. The molecule has 0 aliphatic heterocycles. The van der Waals surface area contributed by atoms with E-state index in [1.807, 2.05) is 0 Å². The van der Waals surface area contributed by atoms with Gasteiger partial charge in [0.15, 0.2) is 8.32 Å². The van der Waals surface area contributed by atoms with Gasteiger partial charge in [-0.3, -0.25) is 0 Å². The molecule has 0 radical (unpaired) electrons. The summed E-state index contributed by atoms with van der Waals surface area (Å²) in [5.74, 6) is 0. The second kappa shape index (κ2) is 33.7. The van der Waals surface area contributed by atoms with Crippen molar-refractivity contribution in [1.82, 2.24) is 0 Å². The molecular formula is C38H80OSi. The fraction of sp³-hybridized carbons (Fsp3) is 1.00. The van der Waals surface area contributed by atoms with Gasteiger partial charge < -0.3 is 4.43 Å². The summed E-state index contributed by atoms with van der Waals surface area (Å²) in [5.41, 5.74) is 0. The van der Waals surface area contributed by atoms with E-state index in [9.17, 15) is 0 Å². The van der Waals surface area contributed by atoms with Gasteiger partial charge in [-0.05, 0) is 25.6 Å². The van der Waals surface area contributed by atoms with Gasteiger partial charge in [-0.15, -0.1) is 0 Å². The van der Waals surface area contributed by atoms with Crippen molar-refractivity contribution in [3.8, 4) is 0 Å². The maximum atomic E-state index is 6.41. The number of hydrogen-bond donors (Lipinski definition) is 0. The Balaban J connectivity index is 3.26. The van der Waals surface area contributed by atoms with Gasteiger partial charge in [-0.25, -0.2) is 0 Å². The zero-order valence-electron chi connectivity index (χ0n) is 28.9. The van der Waals surface area contributed by atoms with E-state index >= 15 is 0 Å². The first kappa shape index (κ1) is 40.2. The third kappa shape index (κ3) is 34.4. The zero-order chi connectivity index (χ0) is 29.2. The van der Waals surface area contributed by atoms with Gasteiger partial charge in [-0.2, -0.15) is 0 Å². The topological polar surface area (TPSA) is 9.23 Å². The highest BCUT2D eigenvalue weighted by Gasteiger charge is 2.21. The number of unbranched alkanes of at least 4 members (excludes halogenated alkanes) is 30. The van der Waals surface area contributed by atoms with Gasteiger partial charge in [0, 0.05) is 6.61 Å². The first-order valence-electron chi connectivity index (χ1n) is 19.3. The van der Waals surface area contributed by atoms with Crippen LogP contribution in [0.2, 0.25) is 19.1 Å².